The zero-order valence-electron chi connectivity index (χ0n) is 26.6. The molecule has 2 aromatic carbocycles. The molecule has 2 atom stereocenters. The molecule has 6 rings (SSSR count). The first-order valence-corrected chi connectivity index (χ1v) is 15.7. The summed E-state index contributed by atoms with van der Waals surface area (Å²) in [4.78, 5) is 28.6. The van der Waals surface area contributed by atoms with Crippen LogP contribution in [0.15, 0.2) is 65.1 Å². The number of benzene rings is 2. The summed E-state index contributed by atoms with van der Waals surface area (Å²) in [5.74, 6) is 2.76. The Labute approximate surface area is 259 Å². The fourth-order valence-corrected chi connectivity index (χ4v) is 6.83. The Balaban J connectivity index is 1.07. The van der Waals surface area contributed by atoms with Gasteiger partial charge in [-0.25, -0.2) is 9.48 Å². The van der Waals surface area contributed by atoms with Crippen molar-refractivity contribution in [2.75, 3.05) is 10.6 Å². The molecule has 2 saturated heterocycles. The number of anilines is 2. The van der Waals surface area contributed by atoms with Gasteiger partial charge in [0.1, 0.15) is 17.3 Å². The summed E-state index contributed by atoms with van der Waals surface area (Å²) in [5.41, 5.74) is 5.47. The lowest BCUT2D eigenvalue weighted by atomic mass is 9.85. The summed E-state index contributed by atoms with van der Waals surface area (Å²) < 4.78 is 7.42. The maximum atomic E-state index is 13.4. The van der Waals surface area contributed by atoms with E-state index in [1.807, 2.05) is 69.3 Å². The molecule has 230 valence electrons. The Bertz CT molecular complexity index is 1650. The van der Waals surface area contributed by atoms with E-state index in [1.54, 1.807) is 4.68 Å². The van der Waals surface area contributed by atoms with Crippen LogP contribution in [0.4, 0.5) is 16.3 Å². The van der Waals surface area contributed by atoms with Crippen molar-refractivity contribution >= 4 is 23.4 Å². The molecule has 4 heterocycles. The minimum absolute atomic E-state index is 0.121. The van der Waals surface area contributed by atoms with Crippen LogP contribution in [-0.2, 0) is 11.8 Å². The van der Waals surface area contributed by atoms with Crippen molar-refractivity contribution in [1.29, 1.82) is 0 Å². The first-order valence-electron chi connectivity index (χ1n) is 15.7. The van der Waals surface area contributed by atoms with E-state index in [0.29, 0.717) is 23.1 Å². The van der Waals surface area contributed by atoms with Gasteiger partial charge in [-0.05, 0) is 94.7 Å². The summed E-state index contributed by atoms with van der Waals surface area (Å²) in [7, 11) is 0. The van der Waals surface area contributed by atoms with Crippen molar-refractivity contribution in [1.82, 2.24) is 14.7 Å². The van der Waals surface area contributed by atoms with Crippen LogP contribution in [-0.4, -0.2) is 38.7 Å². The third-order valence-electron chi connectivity index (χ3n) is 9.07. The fourth-order valence-electron chi connectivity index (χ4n) is 6.83. The van der Waals surface area contributed by atoms with E-state index in [0.717, 1.165) is 60.5 Å². The number of aryl methyl sites for hydroxylation is 3. The number of amides is 3. The number of furan rings is 1. The number of hydrogen-bond acceptors (Lipinski definition) is 4. The number of rotatable bonds is 6. The molecule has 2 fully saturated rings. The van der Waals surface area contributed by atoms with Crippen LogP contribution in [0.5, 0.6) is 0 Å². The van der Waals surface area contributed by atoms with Crippen LogP contribution in [0.3, 0.4) is 0 Å². The number of carbonyl (C=O) groups is 2. The van der Waals surface area contributed by atoms with Crippen LogP contribution in [0.2, 0.25) is 0 Å². The van der Waals surface area contributed by atoms with Gasteiger partial charge in [-0.15, -0.1) is 0 Å². The molecule has 3 amide bonds. The lowest BCUT2D eigenvalue weighted by molar-refractivity contribution is 0.0523. The number of piperidine rings is 1. The van der Waals surface area contributed by atoms with Crippen molar-refractivity contribution in [3.63, 3.8) is 0 Å². The van der Waals surface area contributed by atoms with Crippen LogP contribution < -0.4 is 10.6 Å². The smallest absolute Gasteiger partial charge is 0.324 e. The maximum Gasteiger partial charge on any atom is 0.324 e. The largest absolute Gasteiger partial charge is 0.466 e. The van der Waals surface area contributed by atoms with Gasteiger partial charge < -0.3 is 14.6 Å². The number of urea groups is 1. The Hall–Kier alpha value is -4.33. The van der Waals surface area contributed by atoms with Gasteiger partial charge in [0.15, 0.2) is 0 Å². The molecular formula is C36H43N5O3. The van der Waals surface area contributed by atoms with Gasteiger partial charge in [0.25, 0.3) is 5.91 Å². The van der Waals surface area contributed by atoms with Gasteiger partial charge in [-0.1, -0.05) is 50.6 Å². The van der Waals surface area contributed by atoms with Crippen LogP contribution >= 0.6 is 0 Å². The van der Waals surface area contributed by atoms with Crippen LogP contribution in [0.25, 0.3) is 5.69 Å². The van der Waals surface area contributed by atoms with E-state index < -0.39 is 0 Å². The van der Waals surface area contributed by atoms with E-state index in [-0.39, 0.29) is 29.4 Å². The maximum absolute atomic E-state index is 13.4. The zero-order chi connectivity index (χ0) is 31.2. The molecule has 8 heteroatoms. The molecule has 0 saturated carbocycles. The molecule has 44 heavy (non-hydrogen) atoms. The number of aromatic nitrogens is 2. The number of nitrogens with one attached hydrogen (secondary N) is 2. The lowest BCUT2D eigenvalue weighted by Gasteiger charge is -2.39. The predicted octanol–water partition coefficient (Wildman–Crippen LogP) is 7.96. The molecule has 0 aliphatic carbocycles. The Kier molecular flexibility index (Phi) is 7.86. The van der Waals surface area contributed by atoms with Gasteiger partial charge in [-0.2, -0.15) is 5.10 Å². The lowest BCUT2D eigenvalue weighted by Crippen LogP contribution is -2.47. The van der Waals surface area contributed by atoms with Gasteiger partial charge in [-0.3, -0.25) is 10.1 Å². The number of carbonyl (C=O) groups excluding carboxylic acids is 2. The molecule has 2 aliphatic rings. The topological polar surface area (TPSA) is 92.4 Å². The fraction of sp³-hybridized carbons (Fsp3) is 0.417. The van der Waals surface area contributed by atoms with Gasteiger partial charge >= 0.3 is 6.03 Å². The summed E-state index contributed by atoms with van der Waals surface area (Å²) in [6.07, 6.45) is 5.15. The summed E-state index contributed by atoms with van der Waals surface area (Å²) in [6.45, 7) is 12.1. The Morgan fingerprint density at radius 2 is 1.57 bits per heavy atom. The molecule has 2 N–H and O–H groups in total. The van der Waals surface area contributed by atoms with Gasteiger partial charge in [0, 0.05) is 29.3 Å². The average molecular weight is 594 g/mol. The van der Waals surface area contributed by atoms with Crippen molar-refractivity contribution in [3.8, 4) is 5.69 Å². The highest BCUT2D eigenvalue weighted by atomic mass is 16.3. The summed E-state index contributed by atoms with van der Waals surface area (Å²) >= 11 is 0. The minimum atomic E-state index is -0.317. The summed E-state index contributed by atoms with van der Waals surface area (Å²) in [5, 5.41) is 10.8. The molecule has 2 aromatic heterocycles. The second-order valence-electron chi connectivity index (χ2n) is 13.7. The van der Waals surface area contributed by atoms with E-state index >= 15 is 0 Å². The zero-order valence-corrected chi connectivity index (χ0v) is 26.6. The van der Waals surface area contributed by atoms with Crippen LogP contribution in [0, 0.1) is 26.7 Å². The number of nitrogens with zero attached hydrogens (tertiary/aromatic N) is 3. The quantitative estimate of drug-likeness (QED) is 0.237. The first-order chi connectivity index (χ1) is 20.9. The standard InChI is InChI=1S/C36H43N5O3/c1-22-7-13-28(14-8-22)41-33(21-32(39-41)36(4,5)6)38-35(43)37-27-11-9-25(10-12-27)18-26-19-29-15-16-30(20-26)40(29)34(42)31-17-23(2)44-24(31)3/h7-14,17,21,26,29-30H,15-16,18-20H2,1-6H3,(H2,37,38,43). The average Bonchev–Trinajstić information content (AvgIpc) is 3.62. The van der Waals surface area contributed by atoms with E-state index in [1.165, 1.54) is 5.56 Å². The first kappa shape index (κ1) is 29.7. The molecule has 2 bridgehead atoms. The molecule has 8 nitrogen and oxygen atoms in total. The van der Waals surface area contributed by atoms with E-state index in [2.05, 4.69) is 48.4 Å². The second-order valence-corrected chi connectivity index (χ2v) is 13.7. The predicted molar refractivity (Wildman–Crippen MR) is 174 cm³/mol. The Morgan fingerprint density at radius 1 is 0.909 bits per heavy atom. The van der Waals surface area contributed by atoms with E-state index in [9.17, 15) is 9.59 Å². The normalized spacial score (nSPS) is 19.7. The highest BCUT2D eigenvalue weighted by Crippen LogP contribution is 2.41. The third kappa shape index (κ3) is 6.16. The molecule has 2 unspecified atom stereocenters. The highest BCUT2D eigenvalue weighted by molar-refractivity contribution is 5.99. The monoisotopic (exact) mass is 593 g/mol. The molecule has 2 aliphatic heterocycles. The third-order valence-corrected chi connectivity index (χ3v) is 9.07. The molecule has 4 aromatic rings. The van der Waals surface area contributed by atoms with E-state index in [4.69, 9.17) is 9.52 Å². The SMILES string of the molecule is Cc1ccc(-n2nc(C(C)(C)C)cc2NC(=O)Nc2ccc(CC3CC4CCC(C3)N4C(=O)c3cc(C)oc3C)cc2)cc1. The van der Waals surface area contributed by atoms with Crippen molar-refractivity contribution in [2.24, 2.45) is 5.92 Å². The van der Waals surface area contributed by atoms with Gasteiger partial charge in [0.2, 0.25) is 0 Å². The Morgan fingerprint density at radius 3 is 2.16 bits per heavy atom. The molecule has 0 spiro atoms. The van der Waals surface area contributed by atoms with Crippen molar-refractivity contribution < 1.29 is 14.0 Å². The second kappa shape index (κ2) is 11.6. The van der Waals surface area contributed by atoms with Crippen molar-refractivity contribution in [2.45, 2.75) is 91.1 Å². The summed E-state index contributed by atoms with van der Waals surface area (Å²) in [6, 6.07) is 20.3. The van der Waals surface area contributed by atoms with Crippen molar-refractivity contribution in [3.05, 3.63) is 94.6 Å². The minimum Gasteiger partial charge on any atom is -0.466 e. The number of hydrogen-bond donors (Lipinski definition) is 2. The highest BCUT2D eigenvalue weighted by Gasteiger charge is 2.43. The molecular weight excluding hydrogens is 550 g/mol. The van der Waals surface area contributed by atoms with Crippen LogP contribution in [0.1, 0.15) is 85.2 Å². The number of fused-ring (bicyclic) bond motifs is 2. The molecule has 0 radical (unpaired) electrons. The van der Waals surface area contributed by atoms with Gasteiger partial charge in [0.05, 0.1) is 16.9 Å².